The van der Waals surface area contributed by atoms with Gasteiger partial charge in [-0.1, -0.05) is 19.8 Å². The Balaban J connectivity index is 1.65. The molecule has 0 aromatic rings. The molecule has 19 heavy (non-hydrogen) atoms. The van der Waals surface area contributed by atoms with Gasteiger partial charge in [-0.15, -0.1) is 0 Å². The van der Waals surface area contributed by atoms with Gasteiger partial charge in [0.15, 0.2) is 0 Å². The molecule has 0 unspecified atom stereocenters. The monoisotopic (exact) mass is 268 g/mol. The number of ether oxygens (including phenoxy) is 1. The van der Waals surface area contributed by atoms with Gasteiger partial charge in [-0.25, -0.2) is 4.79 Å². The van der Waals surface area contributed by atoms with E-state index in [4.69, 9.17) is 4.74 Å². The summed E-state index contributed by atoms with van der Waals surface area (Å²) in [4.78, 5) is 13.6. The van der Waals surface area contributed by atoms with Gasteiger partial charge in [-0.05, 0) is 39.0 Å². The fourth-order valence-corrected chi connectivity index (χ4v) is 2.88. The molecule has 0 aromatic carbocycles. The fourth-order valence-electron chi connectivity index (χ4n) is 2.88. The van der Waals surface area contributed by atoms with Gasteiger partial charge in [0.25, 0.3) is 0 Å². The average Bonchev–Trinajstić information content (AvgIpc) is 2.60. The summed E-state index contributed by atoms with van der Waals surface area (Å²) in [5.74, 6) is 0. The van der Waals surface area contributed by atoms with Crippen LogP contribution in [-0.2, 0) is 4.74 Å². The second-order valence-corrected chi connectivity index (χ2v) is 7.48. The van der Waals surface area contributed by atoms with Crippen LogP contribution in [0, 0.1) is 5.41 Å². The van der Waals surface area contributed by atoms with Crippen LogP contribution in [0.5, 0.6) is 0 Å². The highest BCUT2D eigenvalue weighted by Gasteiger charge is 2.35. The van der Waals surface area contributed by atoms with Crippen LogP contribution < -0.4 is 5.32 Å². The molecule has 0 spiro atoms. The molecule has 0 atom stereocenters. The summed E-state index contributed by atoms with van der Waals surface area (Å²) in [5.41, 5.74) is 0.0826. The molecule has 0 radical (unpaired) electrons. The minimum absolute atomic E-state index is 0.183. The Morgan fingerprint density at radius 2 is 1.89 bits per heavy atom. The Labute approximate surface area is 116 Å². The highest BCUT2D eigenvalue weighted by Crippen LogP contribution is 2.36. The topological polar surface area (TPSA) is 41.6 Å². The van der Waals surface area contributed by atoms with Crippen LogP contribution in [0.4, 0.5) is 4.79 Å². The third-order valence-electron chi connectivity index (χ3n) is 4.16. The van der Waals surface area contributed by atoms with Gasteiger partial charge in [0.2, 0.25) is 0 Å². The van der Waals surface area contributed by atoms with Crippen molar-refractivity contribution in [1.29, 1.82) is 0 Å². The molecule has 1 amide bonds. The highest BCUT2D eigenvalue weighted by molar-refractivity contribution is 5.69. The summed E-state index contributed by atoms with van der Waals surface area (Å²) in [6, 6.07) is 0.449. The number of hydrogen-bond donors (Lipinski definition) is 1. The second kappa shape index (κ2) is 5.31. The normalized spacial score (nSPS) is 23.3. The number of nitrogens with one attached hydrogen (secondary N) is 1. The molecule has 4 nitrogen and oxygen atoms in total. The van der Waals surface area contributed by atoms with E-state index in [1.807, 2.05) is 20.8 Å². The standard InChI is InChI=1S/C15H28N2O2/c1-14(2,3)19-13(18)17-9-12(10-17)16-11-15(4)7-5-6-8-15/h12,16H,5-11H2,1-4H3. The minimum Gasteiger partial charge on any atom is -0.444 e. The third kappa shape index (κ3) is 4.10. The molecule has 1 aliphatic carbocycles. The number of nitrogens with zero attached hydrogens (tertiary/aromatic N) is 1. The van der Waals surface area contributed by atoms with Crippen molar-refractivity contribution >= 4 is 6.09 Å². The van der Waals surface area contributed by atoms with Gasteiger partial charge < -0.3 is 15.0 Å². The quantitative estimate of drug-likeness (QED) is 0.855. The number of hydrogen-bond acceptors (Lipinski definition) is 3. The first-order valence-electron chi connectivity index (χ1n) is 7.49. The van der Waals surface area contributed by atoms with E-state index in [0.717, 1.165) is 19.6 Å². The molecule has 0 bridgehead atoms. The smallest absolute Gasteiger partial charge is 0.410 e. The summed E-state index contributed by atoms with van der Waals surface area (Å²) in [6.45, 7) is 10.7. The first-order valence-corrected chi connectivity index (χ1v) is 7.49. The van der Waals surface area contributed by atoms with Crippen molar-refractivity contribution in [2.24, 2.45) is 5.41 Å². The summed E-state index contributed by atoms with van der Waals surface area (Å²) in [6.07, 6.45) is 5.22. The van der Waals surface area contributed by atoms with Gasteiger partial charge in [-0.3, -0.25) is 0 Å². The number of amides is 1. The van der Waals surface area contributed by atoms with Crippen molar-refractivity contribution in [3.05, 3.63) is 0 Å². The van der Waals surface area contributed by atoms with Crippen LogP contribution in [0.2, 0.25) is 0 Å². The van der Waals surface area contributed by atoms with Gasteiger partial charge in [0.05, 0.1) is 0 Å². The van der Waals surface area contributed by atoms with Crippen molar-refractivity contribution < 1.29 is 9.53 Å². The molecule has 110 valence electrons. The Hall–Kier alpha value is -0.770. The van der Waals surface area contributed by atoms with E-state index >= 15 is 0 Å². The Kier molecular flexibility index (Phi) is 4.09. The van der Waals surface area contributed by atoms with Crippen LogP contribution >= 0.6 is 0 Å². The van der Waals surface area contributed by atoms with Gasteiger partial charge in [0.1, 0.15) is 5.60 Å². The van der Waals surface area contributed by atoms with Crippen molar-refractivity contribution in [2.45, 2.75) is 65.0 Å². The third-order valence-corrected chi connectivity index (χ3v) is 4.16. The summed E-state index contributed by atoms with van der Waals surface area (Å²) >= 11 is 0. The molecular formula is C15H28N2O2. The lowest BCUT2D eigenvalue weighted by molar-refractivity contribution is 0.00443. The number of rotatable bonds is 3. The van der Waals surface area contributed by atoms with Gasteiger partial charge in [-0.2, -0.15) is 0 Å². The molecule has 1 N–H and O–H groups in total. The predicted molar refractivity (Wildman–Crippen MR) is 76.2 cm³/mol. The Bertz CT molecular complexity index is 324. The number of likely N-dealkylation sites (tertiary alicyclic amines) is 1. The minimum atomic E-state index is -0.396. The summed E-state index contributed by atoms with van der Waals surface area (Å²) in [7, 11) is 0. The number of carbonyl (C=O) groups is 1. The van der Waals surface area contributed by atoms with E-state index in [-0.39, 0.29) is 6.09 Å². The second-order valence-electron chi connectivity index (χ2n) is 7.48. The average molecular weight is 268 g/mol. The molecule has 2 fully saturated rings. The van der Waals surface area contributed by atoms with E-state index in [9.17, 15) is 4.79 Å². The van der Waals surface area contributed by atoms with Crippen molar-refractivity contribution in [3.8, 4) is 0 Å². The largest absolute Gasteiger partial charge is 0.444 e. The maximum absolute atomic E-state index is 11.8. The first kappa shape index (κ1) is 14.6. The summed E-state index contributed by atoms with van der Waals surface area (Å²) < 4.78 is 5.35. The summed E-state index contributed by atoms with van der Waals surface area (Å²) in [5, 5.41) is 3.60. The van der Waals surface area contributed by atoms with Crippen LogP contribution in [0.15, 0.2) is 0 Å². The molecule has 1 saturated heterocycles. The maximum atomic E-state index is 11.8. The Morgan fingerprint density at radius 3 is 2.42 bits per heavy atom. The molecular weight excluding hydrogens is 240 g/mol. The Morgan fingerprint density at radius 1 is 1.32 bits per heavy atom. The van der Waals surface area contributed by atoms with E-state index in [2.05, 4.69) is 12.2 Å². The zero-order valence-corrected chi connectivity index (χ0v) is 12.8. The van der Waals surface area contributed by atoms with Crippen molar-refractivity contribution in [2.75, 3.05) is 19.6 Å². The lowest BCUT2D eigenvalue weighted by atomic mass is 9.88. The molecule has 1 heterocycles. The highest BCUT2D eigenvalue weighted by atomic mass is 16.6. The predicted octanol–water partition coefficient (Wildman–Crippen LogP) is 2.78. The van der Waals surface area contributed by atoms with Crippen LogP contribution in [-0.4, -0.2) is 42.3 Å². The van der Waals surface area contributed by atoms with Crippen LogP contribution in [0.25, 0.3) is 0 Å². The molecule has 1 saturated carbocycles. The van der Waals surface area contributed by atoms with E-state index in [1.54, 1.807) is 4.90 Å². The number of carbonyl (C=O) groups excluding carboxylic acids is 1. The van der Waals surface area contributed by atoms with E-state index < -0.39 is 5.60 Å². The maximum Gasteiger partial charge on any atom is 0.410 e. The first-order chi connectivity index (χ1) is 8.77. The van der Waals surface area contributed by atoms with Gasteiger partial charge in [0, 0.05) is 25.7 Å². The van der Waals surface area contributed by atoms with Crippen LogP contribution in [0.3, 0.4) is 0 Å². The molecule has 4 heteroatoms. The van der Waals surface area contributed by atoms with Crippen LogP contribution in [0.1, 0.15) is 53.4 Å². The van der Waals surface area contributed by atoms with E-state index in [0.29, 0.717) is 11.5 Å². The van der Waals surface area contributed by atoms with Crippen molar-refractivity contribution in [1.82, 2.24) is 10.2 Å². The zero-order valence-electron chi connectivity index (χ0n) is 12.8. The SMILES string of the molecule is CC1(CNC2CN(C(=O)OC(C)(C)C)C2)CCCC1. The van der Waals surface area contributed by atoms with Crippen molar-refractivity contribution in [3.63, 3.8) is 0 Å². The molecule has 1 aliphatic heterocycles. The van der Waals surface area contributed by atoms with E-state index in [1.165, 1.54) is 25.7 Å². The zero-order chi connectivity index (χ0) is 14.1. The van der Waals surface area contributed by atoms with Gasteiger partial charge >= 0.3 is 6.09 Å². The fraction of sp³-hybridized carbons (Fsp3) is 0.933. The lowest BCUT2D eigenvalue weighted by Crippen LogP contribution is -2.61. The molecule has 2 aliphatic rings. The molecule has 0 aromatic heterocycles. The lowest BCUT2D eigenvalue weighted by Gasteiger charge is -2.41. The molecule has 2 rings (SSSR count).